The minimum atomic E-state index is -1.24. The second kappa shape index (κ2) is 11.4. The summed E-state index contributed by atoms with van der Waals surface area (Å²) in [6.45, 7) is 3.21. The smallest absolute Gasteiger partial charge is 0.276 e. The lowest BCUT2D eigenvalue weighted by molar-refractivity contribution is -0.577. The number of hydrogen-bond acceptors (Lipinski definition) is 6. The molecule has 2 amide bonds. The molecule has 3 aromatic rings. The molecule has 36 heavy (non-hydrogen) atoms. The van der Waals surface area contributed by atoms with Crippen molar-refractivity contribution in [3.63, 3.8) is 0 Å². The number of nitrogens with zero attached hydrogens (tertiary/aromatic N) is 2. The highest BCUT2D eigenvalue weighted by molar-refractivity contribution is 5.93. The molecule has 3 rings (SSSR count). The number of primary amides is 1. The van der Waals surface area contributed by atoms with E-state index in [0.717, 1.165) is 6.20 Å². The number of aliphatic hydroxyl groups excluding tert-OH is 1. The summed E-state index contributed by atoms with van der Waals surface area (Å²) in [5.41, 5.74) is 5.48. The Hall–Kier alpha value is -3.63. The van der Waals surface area contributed by atoms with Crippen molar-refractivity contribution in [1.29, 1.82) is 0 Å². The molecule has 0 bridgehead atoms. The summed E-state index contributed by atoms with van der Waals surface area (Å²) < 4.78 is 14.3. The Bertz CT molecular complexity index is 1230. The Morgan fingerprint density at radius 2 is 1.94 bits per heavy atom. The zero-order chi connectivity index (χ0) is 26.5. The number of aliphatic hydroxyl groups is 2. The molecular weight excluding hydrogens is 467 g/mol. The largest absolute Gasteiger partial charge is 0.618 e. The molecule has 0 unspecified atom stereocenters. The summed E-state index contributed by atoms with van der Waals surface area (Å²) in [5, 5.41) is 36.1. The van der Waals surface area contributed by atoms with Crippen molar-refractivity contribution < 1.29 is 28.9 Å². The van der Waals surface area contributed by atoms with Crippen LogP contribution in [0, 0.1) is 16.9 Å². The van der Waals surface area contributed by atoms with Crippen LogP contribution < -0.4 is 15.8 Å². The van der Waals surface area contributed by atoms with Crippen molar-refractivity contribution in [2.75, 3.05) is 0 Å². The lowest BCUT2D eigenvalue weighted by Gasteiger charge is -2.28. The van der Waals surface area contributed by atoms with Crippen LogP contribution in [0.3, 0.4) is 0 Å². The summed E-state index contributed by atoms with van der Waals surface area (Å²) in [6.07, 6.45) is 0.276. The number of aromatic nitrogens is 2. The number of carbonyl (C=O) groups excluding carboxylic acids is 2. The topological polar surface area (TPSA) is 152 Å². The molecule has 192 valence electrons. The predicted octanol–water partition coefficient (Wildman–Crippen LogP) is 1.75. The van der Waals surface area contributed by atoms with E-state index >= 15 is 0 Å². The van der Waals surface area contributed by atoms with Gasteiger partial charge in [-0.2, -0.15) is 4.73 Å². The molecule has 0 radical (unpaired) electrons. The summed E-state index contributed by atoms with van der Waals surface area (Å²) in [5.74, 6) is -2.59. The van der Waals surface area contributed by atoms with Crippen LogP contribution in [0.5, 0.6) is 0 Å². The molecule has 9 nitrogen and oxygen atoms in total. The molecule has 1 heterocycles. The van der Waals surface area contributed by atoms with Gasteiger partial charge in [0.05, 0.1) is 17.7 Å². The first kappa shape index (κ1) is 27.0. The van der Waals surface area contributed by atoms with Crippen molar-refractivity contribution in [3.8, 4) is 0 Å². The van der Waals surface area contributed by atoms with Gasteiger partial charge in [-0.05, 0) is 63.3 Å². The molecule has 0 fully saturated rings. The second-order valence-corrected chi connectivity index (χ2v) is 9.61. The number of halogens is 1. The van der Waals surface area contributed by atoms with Crippen LogP contribution in [-0.4, -0.2) is 44.8 Å². The van der Waals surface area contributed by atoms with E-state index in [2.05, 4.69) is 10.3 Å². The summed E-state index contributed by atoms with van der Waals surface area (Å²) in [6, 6.07) is 11.3. The fraction of sp³-hybridized carbons (Fsp3) is 0.385. The Labute approximate surface area is 208 Å². The van der Waals surface area contributed by atoms with E-state index in [1.54, 1.807) is 44.2 Å². The lowest BCUT2D eigenvalue weighted by atomic mass is 9.87. The normalized spacial score (nSPS) is 14.2. The molecule has 3 atom stereocenters. The molecule has 5 N–H and O–H groups in total. The lowest BCUT2D eigenvalue weighted by Crippen LogP contribution is -2.47. The highest BCUT2D eigenvalue weighted by Crippen LogP contribution is 2.22. The van der Waals surface area contributed by atoms with Gasteiger partial charge in [0, 0.05) is 12.0 Å². The van der Waals surface area contributed by atoms with Gasteiger partial charge in [-0.3, -0.25) is 9.59 Å². The van der Waals surface area contributed by atoms with E-state index in [4.69, 9.17) is 5.73 Å². The number of fused-ring (bicyclic) bond motifs is 1. The molecule has 2 aromatic carbocycles. The van der Waals surface area contributed by atoms with E-state index in [-0.39, 0.29) is 31.4 Å². The minimum Gasteiger partial charge on any atom is -0.618 e. The van der Waals surface area contributed by atoms with Crippen LogP contribution >= 0.6 is 0 Å². The third kappa shape index (κ3) is 7.43. The van der Waals surface area contributed by atoms with E-state index in [1.807, 2.05) is 0 Å². The molecule has 0 spiro atoms. The maximum absolute atomic E-state index is 13.8. The third-order valence-electron chi connectivity index (χ3n) is 5.99. The van der Waals surface area contributed by atoms with Gasteiger partial charge >= 0.3 is 0 Å². The zero-order valence-electron chi connectivity index (χ0n) is 20.2. The van der Waals surface area contributed by atoms with Crippen LogP contribution in [0.25, 0.3) is 11.0 Å². The molecule has 0 saturated heterocycles. The highest BCUT2D eigenvalue weighted by atomic mass is 19.1. The van der Waals surface area contributed by atoms with E-state index in [1.165, 1.54) is 18.2 Å². The molecule has 10 heteroatoms. The van der Waals surface area contributed by atoms with E-state index in [9.17, 15) is 29.4 Å². The standard InChI is InChI=1S/C26H31FN4O5/c1-26(2,35)11-10-17(24(28)33)14-23(32)20(13-16-6-5-7-18(27)12-16)30-25(34)21-15-31(36)22-9-4-3-8-19(22)29-21/h3-9,12,15,17,20,23,32,35H,10-11,13-14H2,1-2H3,(H2,28,33)(H,30,34)/t17-,20+,23+/m1/s1. The van der Waals surface area contributed by atoms with Crippen molar-refractivity contribution >= 4 is 22.8 Å². The number of nitrogens with one attached hydrogen (secondary N) is 1. The predicted molar refractivity (Wildman–Crippen MR) is 131 cm³/mol. The van der Waals surface area contributed by atoms with Gasteiger partial charge in [0.1, 0.15) is 11.3 Å². The SMILES string of the molecule is CC(C)(O)CC[C@H](C[C@H](O)[C@H](Cc1cccc(F)c1)NC(=O)c1c[n+]([O-])c2ccccc2n1)C(N)=O. The summed E-state index contributed by atoms with van der Waals surface area (Å²) in [7, 11) is 0. The van der Waals surface area contributed by atoms with Crippen molar-refractivity contribution in [3.05, 3.63) is 77.0 Å². The maximum atomic E-state index is 13.8. The Kier molecular flexibility index (Phi) is 8.54. The Morgan fingerprint density at radius 1 is 1.22 bits per heavy atom. The maximum Gasteiger partial charge on any atom is 0.276 e. The van der Waals surface area contributed by atoms with Crippen molar-refractivity contribution in [2.45, 2.75) is 57.3 Å². The third-order valence-corrected chi connectivity index (χ3v) is 5.99. The molecular formula is C26H31FN4O5. The van der Waals surface area contributed by atoms with Crippen LogP contribution in [-0.2, 0) is 11.2 Å². The van der Waals surface area contributed by atoms with Crippen LogP contribution in [0.2, 0.25) is 0 Å². The number of benzene rings is 2. The molecule has 0 aliphatic heterocycles. The molecule has 0 aliphatic carbocycles. The van der Waals surface area contributed by atoms with Gasteiger partial charge in [-0.25, -0.2) is 9.37 Å². The average Bonchev–Trinajstić information content (AvgIpc) is 2.80. The van der Waals surface area contributed by atoms with Gasteiger partial charge < -0.3 is 26.5 Å². The summed E-state index contributed by atoms with van der Waals surface area (Å²) >= 11 is 0. The van der Waals surface area contributed by atoms with Gasteiger partial charge in [-0.15, -0.1) is 0 Å². The average molecular weight is 499 g/mol. The quantitative estimate of drug-likeness (QED) is 0.233. The number of carbonyl (C=O) groups is 2. The fourth-order valence-electron chi connectivity index (χ4n) is 4.00. The van der Waals surface area contributed by atoms with E-state index < -0.39 is 41.3 Å². The van der Waals surface area contributed by atoms with Gasteiger partial charge in [0.2, 0.25) is 17.6 Å². The summed E-state index contributed by atoms with van der Waals surface area (Å²) in [4.78, 5) is 29.3. The zero-order valence-corrected chi connectivity index (χ0v) is 20.2. The van der Waals surface area contributed by atoms with Crippen molar-refractivity contribution in [2.24, 2.45) is 11.7 Å². The number of hydrogen-bond donors (Lipinski definition) is 4. The van der Waals surface area contributed by atoms with Gasteiger partial charge in [0.25, 0.3) is 5.91 Å². The van der Waals surface area contributed by atoms with Crippen LogP contribution in [0.4, 0.5) is 4.39 Å². The molecule has 1 aromatic heterocycles. The van der Waals surface area contributed by atoms with Gasteiger partial charge in [0.15, 0.2) is 5.69 Å². The molecule has 0 aliphatic rings. The van der Waals surface area contributed by atoms with Crippen molar-refractivity contribution in [1.82, 2.24) is 10.3 Å². The monoisotopic (exact) mass is 498 g/mol. The number of amides is 2. The first-order valence-corrected chi connectivity index (χ1v) is 11.7. The van der Waals surface area contributed by atoms with E-state index in [0.29, 0.717) is 21.3 Å². The Morgan fingerprint density at radius 3 is 2.61 bits per heavy atom. The Balaban J connectivity index is 1.84. The number of nitrogens with two attached hydrogens (primary N) is 1. The fourth-order valence-corrected chi connectivity index (χ4v) is 4.00. The van der Waals surface area contributed by atoms with Crippen LogP contribution in [0.15, 0.2) is 54.7 Å². The first-order valence-electron chi connectivity index (χ1n) is 11.7. The second-order valence-electron chi connectivity index (χ2n) is 9.61. The highest BCUT2D eigenvalue weighted by Gasteiger charge is 2.30. The number of para-hydroxylation sites is 2. The van der Waals surface area contributed by atoms with Crippen LogP contribution in [0.1, 0.15) is 49.2 Å². The minimum absolute atomic E-state index is 0.0482. The van der Waals surface area contributed by atoms with Gasteiger partial charge in [-0.1, -0.05) is 24.3 Å². The number of rotatable bonds is 11. The first-order chi connectivity index (χ1) is 16.9. The molecule has 0 saturated carbocycles.